The van der Waals surface area contributed by atoms with E-state index in [1.807, 2.05) is 0 Å². The third-order valence-corrected chi connectivity index (χ3v) is 8.17. The van der Waals surface area contributed by atoms with Gasteiger partial charge in [-0.05, 0) is 49.4 Å². The van der Waals surface area contributed by atoms with Gasteiger partial charge >= 0.3 is 7.12 Å². The summed E-state index contributed by atoms with van der Waals surface area (Å²) in [6.45, 7) is 10.8. The molecule has 1 aliphatic heterocycles. The van der Waals surface area contributed by atoms with E-state index in [-0.39, 0.29) is 29.6 Å². The molecule has 2 heterocycles. The first-order valence-corrected chi connectivity index (χ1v) is 12.4. The Morgan fingerprint density at radius 3 is 2.54 bits per heavy atom. The normalized spacial score (nSPS) is 30.1. The molecule has 1 aromatic heterocycles. The standard InChI is InChI=1S/C24H36BN5O5/c1-13(2)8-19(25-34-18-10-14-9-17(23(14,3)4)24(18,5)35-25)30-21(32)15(11-20(26)31)29-22(33)16-12-27-6-7-28-16/h6-7,12-15,17-19H,8-11H2,1-5H3,(H2,26,31)(H,29,33)(H,30,32)/t14-,15+,17-,18-,19+,24+/m1/s1. The molecule has 3 amide bonds. The molecule has 190 valence electrons. The molecular weight excluding hydrogens is 449 g/mol. The summed E-state index contributed by atoms with van der Waals surface area (Å²) in [4.78, 5) is 45.4. The van der Waals surface area contributed by atoms with Gasteiger partial charge in [0.05, 0.1) is 30.3 Å². The smallest absolute Gasteiger partial charge is 0.404 e. The number of carbonyl (C=O) groups is 3. The van der Waals surface area contributed by atoms with Gasteiger partial charge in [-0.15, -0.1) is 0 Å². The molecule has 0 radical (unpaired) electrons. The van der Waals surface area contributed by atoms with Crippen LogP contribution < -0.4 is 16.4 Å². The highest BCUT2D eigenvalue weighted by Gasteiger charge is 2.68. The molecule has 0 unspecified atom stereocenters. The molecule has 0 aromatic carbocycles. The molecule has 2 bridgehead atoms. The highest BCUT2D eigenvalue weighted by molar-refractivity contribution is 6.48. The summed E-state index contributed by atoms with van der Waals surface area (Å²) in [6, 6.07) is -1.16. The minimum atomic E-state index is -1.16. The number of nitrogens with two attached hydrogens (primary N) is 1. The number of primary amides is 1. The number of amides is 3. The second-order valence-electron chi connectivity index (χ2n) is 11.4. The van der Waals surface area contributed by atoms with Gasteiger partial charge in [-0.3, -0.25) is 19.4 Å². The number of nitrogens with one attached hydrogen (secondary N) is 2. The van der Waals surface area contributed by atoms with Crippen molar-refractivity contribution >= 4 is 24.8 Å². The number of aromatic nitrogens is 2. The lowest BCUT2D eigenvalue weighted by molar-refractivity contribution is -0.199. The van der Waals surface area contributed by atoms with Crippen LogP contribution in [0, 0.1) is 23.2 Å². The molecule has 3 saturated carbocycles. The first-order valence-electron chi connectivity index (χ1n) is 12.4. The maximum atomic E-state index is 13.3. The molecule has 4 N–H and O–H groups in total. The highest BCUT2D eigenvalue weighted by atomic mass is 16.7. The average molecular weight is 485 g/mol. The van der Waals surface area contributed by atoms with Gasteiger partial charge in [-0.1, -0.05) is 27.7 Å². The van der Waals surface area contributed by atoms with Crippen molar-refractivity contribution < 1.29 is 23.7 Å². The van der Waals surface area contributed by atoms with E-state index in [4.69, 9.17) is 15.0 Å². The van der Waals surface area contributed by atoms with E-state index in [9.17, 15) is 14.4 Å². The Bertz CT molecular complexity index is 976. The van der Waals surface area contributed by atoms with E-state index in [0.717, 1.165) is 12.8 Å². The van der Waals surface area contributed by atoms with E-state index in [0.29, 0.717) is 18.3 Å². The van der Waals surface area contributed by atoms with Crippen molar-refractivity contribution in [2.45, 2.75) is 84.0 Å². The zero-order valence-corrected chi connectivity index (χ0v) is 21.1. The predicted octanol–water partition coefficient (Wildman–Crippen LogP) is 1.25. The molecule has 0 spiro atoms. The lowest BCUT2D eigenvalue weighted by atomic mass is 9.43. The lowest BCUT2D eigenvalue weighted by Gasteiger charge is -2.64. The van der Waals surface area contributed by atoms with Gasteiger partial charge in [0.2, 0.25) is 11.8 Å². The largest absolute Gasteiger partial charge is 0.481 e. The third-order valence-electron chi connectivity index (χ3n) is 8.17. The van der Waals surface area contributed by atoms with E-state index >= 15 is 0 Å². The van der Waals surface area contributed by atoms with Crippen molar-refractivity contribution in [2.24, 2.45) is 28.9 Å². The van der Waals surface area contributed by atoms with Crippen LogP contribution in [0.1, 0.15) is 70.8 Å². The Hall–Kier alpha value is -2.53. The van der Waals surface area contributed by atoms with Crippen molar-refractivity contribution in [1.82, 2.24) is 20.6 Å². The first-order chi connectivity index (χ1) is 16.4. The first kappa shape index (κ1) is 25.6. The lowest BCUT2D eigenvalue weighted by Crippen LogP contribution is -2.65. The molecule has 1 aromatic rings. The molecule has 4 aliphatic rings. The summed E-state index contributed by atoms with van der Waals surface area (Å²) in [5.74, 6) is -1.04. The summed E-state index contributed by atoms with van der Waals surface area (Å²) in [6.07, 6.45) is 6.40. The monoisotopic (exact) mass is 485 g/mol. The Balaban J connectivity index is 1.48. The molecule has 35 heavy (non-hydrogen) atoms. The van der Waals surface area contributed by atoms with Crippen molar-refractivity contribution in [3.8, 4) is 0 Å². The Morgan fingerprint density at radius 1 is 1.20 bits per heavy atom. The van der Waals surface area contributed by atoms with E-state index < -0.39 is 42.4 Å². The number of hydrogen-bond acceptors (Lipinski definition) is 7. The summed E-state index contributed by atoms with van der Waals surface area (Å²) in [7, 11) is -0.614. The van der Waals surface area contributed by atoms with Gasteiger partial charge in [0.15, 0.2) is 0 Å². The van der Waals surface area contributed by atoms with Gasteiger partial charge < -0.3 is 25.7 Å². The van der Waals surface area contributed by atoms with Gasteiger partial charge in [0, 0.05) is 12.4 Å². The summed E-state index contributed by atoms with van der Waals surface area (Å²) < 4.78 is 13.0. The molecular formula is C24H36BN5O5. The molecule has 5 rings (SSSR count). The number of rotatable bonds is 9. The number of hydrogen-bond donors (Lipinski definition) is 3. The molecule has 6 atom stereocenters. The molecule has 11 heteroatoms. The summed E-state index contributed by atoms with van der Waals surface area (Å²) in [5.41, 5.74) is 5.21. The summed E-state index contributed by atoms with van der Waals surface area (Å²) >= 11 is 0. The van der Waals surface area contributed by atoms with Crippen LogP contribution in [0.4, 0.5) is 0 Å². The van der Waals surface area contributed by atoms with Crippen LogP contribution in [0.3, 0.4) is 0 Å². The van der Waals surface area contributed by atoms with Crippen LogP contribution in [0.15, 0.2) is 18.6 Å². The zero-order valence-electron chi connectivity index (χ0n) is 21.1. The Morgan fingerprint density at radius 2 is 1.94 bits per heavy atom. The maximum absolute atomic E-state index is 13.3. The number of carbonyl (C=O) groups excluding carboxylic acids is 3. The van der Waals surface area contributed by atoms with E-state index in [1.165, 1.54) is 18.6 Å². The van der Waals surface area contributed by atoms with Crippen molar-refractivity contribution in [3.63, 3.8) is 0 Å². The maximum Gasteiger partial charge on any atom is 0.481 e. The van der Waals surface area contributed by atoms with Gasteiger partial charge in [-0.2, -0.15) is 0 Å². The van der Waals surface area contributed by atoms with Gasteiger partial charge in [0.1, 0.15) is 11.7 Å². The van der Waals surface area contributed by atoms with E-state index in [1.54, 1.807) is 0 Å². The topological polar surface area (TPSA) is 146 Å². The van der Waals surface area contributed by atoms with Crippen LogP contribution in [-0.2, 0) is 18.9 Å². The molecule has 3 aliphatic carbocycles. The van der Waals surface area contributed by atoms with Gasteiger partial charge in [0.25, 0.3) is 5.91 Å². The van der Waals surface area contributed by atoms with Crippen LogP contribution in [0.25, 0.3) is 0 Å². The molecule has 1 saturated heterocycles. The van der Waals surface area contributed by atoms with Crippen LogP contribution >= 0.6 is 0 Å². The quantitative estimate of drug-likeness (QED) is 0.446. The summed E-state index contributed by atoms with van der Waals surface area (Å²) in [5, 5.41) is 5.54. The van der Waals surface area contributed by atoms with Crippen molar-refractivity contribution in [3.05, 3.63) is 24.3 Å². The predicted molar refractivity (Wildman–Crippen MR) is 129 cm³/mol. The fourth-order valence-electron chi connectivity index (χ4n) is 6.16. The highest BCUT2D eigenvalue weighted by Crippen LogP contribution is 2.65. The van der Waals surface area contributed by atoms with Gasteiger partial charge in [-0.25, -0.2) is 4.98 Å². The van der Waals surface area contributed by atoms with E-state index in [2.05, 4.69) is 55.2 Å². The minimum absolute atomic E-state index is 0.0198. The fraction of sp³-hybridized carbons (Fsp3) is 0.708. The average Bonchev–Trinajstić information content (AvgIpc) is 3.15. The SMILES string of the molecule is CC(C)C[C@H](NC(=O)[C@H](CC(N)=O)NC(=O)c1cnccn1)B1O[C@@H]2C[C@H]3C[C@H](C3(C)C)[C@]2(C)O1. The minimum Gasteiger partial charge on any atom is -0.404 e. The van der Waals surface area contributed by atoms with Crippen molar-refractivity contribution in [1.29, 1.82) is 0 Å². The Labute approximate surface area is 206 Å². The molecule has 4 fully saturated rings. The second kappa shape index (κ2) is 9.50. The van der Waals surface area contributed by atoms with Crippen LogP contribution in [0.2, 0.25) is 0 Å². The second-order valence-corrected chi connectivity index (χ2v) is 11.4. The van der Waals surface area contributed by atoms with Crippen molar-refractivity contribution in [2.75, 3.05) is 0 Å². The van der Waals surface area contributed by atoms with Crippen LogP contribution in [-0.4, -0.2) is 58.5 Å². The zero-order chi connectivity index (χ0) is 25.5. The van der Waals surface area contributed by atoms with Crippen LogP contribution in [0.5, 0.6) is 0 Å². The fourth-order valence-corrected chi connectivity index (χ4v) is 6.16. The third kappa shape index (κ3) is 4.93. The number of nitrogens with zero attached hydrogens (tertiary/aromatic N) is 2. The molecule has 10 nitrogen and oxygen atoms in total. The Kier molecular flexibility index (Phi) is 6.94.